The maximum absolute atomic E-state index is 13.7. The van der Waals surface area contributed by atoms with Crippen LogP contribution in [0, 0.1) is 23.1 Å². The van der Waals surface area contributed by atoms with Crippen molar-refractivity contribution in [3.05, 3.63) is 66.2 Å². The van der Waals surface area contributed by atoms with Crippen LogP contribution in [0.25, 0.3) is 16.8 Å². The molecule has 3 aliphatic rings. The zero-order chi connectivity index (χ0) is 28.6. The predicted molar refractivity (Wildman–Crippen MR) is 158 cm³/mol. The molecule has 3 fully saturated rings. The molecule has 41 heavy (non-hydrogen) atoms. The summed E-state index contributed by atoms with van der Waals surface area (Å²) in [5, 5.41) is 17.6. The smallest absolute Gasteiger partial charge is 0.225 e. The van der Waals surface area contributed by atoms with Gasteiger partial charge in [-0.25, -0.2) is 17.6 Å². The molecule has 2 aromatic carbocycles. The number of anilines is 1. The summed E-state index contributed by atoms with van der Waals surface area (Å²) in [5.41, 5.74) is 3.89. The van der Waals surface area contributed by atoms with Crippen LogP contribution in [0.3, 0.4) is 0 Å². The van der Waals surface area contributed by atoms with E-state index in [0.717, 1.165) is 53.9 Å². The third kappa shape index (κ3) is 5.60. The van der Waals surface area contributed by atoms with Crippen LogP contribution in [0.5, 0.6) is 0 Å². The second-order valence-electron chi connectivity index (χ2n) is 11.4. The fourth-order valence-electron chi connectivity index (χ4n) is 6.11. The first-order valence-electron chi connectivity index (χ1n) is 14.4. The average molecular weight is 575 g/mol. The van der Waals surface area contributed by atoms with Gasteiger partial charge in [-0.15, -0.1) is 0 Å². The highest BCUT2D eigenvalue weighted by molar-refractivity contribution is 7.93. The third-order valence-electron chi connectivity index (χ3n) is 8.85. The number of hydrogen-bond donors (Lipinski definition) is 1. The standard InChI is InChI=1S/C31H35FN6O2S/c1-34-41(40)18-16-37(17-19-41)24-10-6-22(7-11-24)28-20-38(25-12-8-23(32)9-13-25)36-29(28)26-4-2-3-5-27(26)30(39)35-31(21-33)14-15-31/h6-13,20,26-27H,2-5,14-19H2,1H3,(H,35,39)/t26-,27-/m1/s1. The molecule has 2 atom stereocenters. The largest absolute Gasteiger partial charge is 0.370 e. The molecule has 0 radical (unpaired) electrons. The molecular formula is C31H35FN6O2S. The minimum absolute atomic E-state index is 0.0631. The van der Waals surface area contributed by atoms with Crippen molar-refractivity contribution in [2.45, 2.75) is 50.0 Å². The van der Waals surface area contributed by atoms with Crippen LogP contribution in [0.2, 0.25) is 0 Å². The van der Waals surface area contributed by atoms with Gasteiger partial charge in [-0.1, -0.05) is 25.0 Å². The summed E-state index contributed by atoms with van der Waals surface area (Å²) in [6.07, 6.45) is 6.92. The minimum atomic E-state index is -2.09. The Bertz CT molecular complexity index is 1580. The molecule has 8 nitrogen and oxygen atoms in total. The van der Waals surface area contributed by atoms with Gasteiger partial charge in [-0.3, -0.25) is 4.79 Å². The summed E-state index contributed by atoms with van der Waals surface area (Å²) in [7, 11) is -0.445. The van der Waals surface area contributed by atoms with Gasteiger partial charge in [0.2, 0.25) is 5.91 Å². The van der Waals surface area contributed by atoms with Crippen molar-refractivity contribution in [1.29, 1.82) is 5.26 Å². The number of carbonyl (C=O) groups excluding carboxylic acids is 1. The molecule has 0 spiro atoms. The number of carbonyl (C=O) groups is 1. The SMILES string of the molecule is CN=S1(=O)CCN(c2ccc(-c3cn(-c4ccc(F)cc4)nc3[C@@H]3CCCC[C@H]3C(=O)NC3(C#N)CC3)cc2)CC1. The van der Waals surface area contributed by atoms with E-state index in [-0.39, 0.29) is 23.6 Å². The lowest BCUT2D eigenvalue weighted by molar-refractivity contribution is -0.127. The van der Waals surface area contributed by atoms with E-state index >= 15 is 0 Å². The fraction of sp³-hybridized carbons (Fsp3) is 0.452. The lowest BCUT2D eigenvalue weighted by Crippen LogP contribution is -2.42. The van der Waals surface area contributed by atoms with Crippen molar-refractivity contribution in [3.8, 4) is 22.9 Å². The molecule has 1 amide bonds. The predicted octanol–water partition coefficient (Wildman–Crippen LogP) is 5.04. The number of halogens is 1. The summed E-state index contributed by atoms with van der Waals surface area (Å²) < 4.78 is 32.2. The van der Waals surface area contributed by atoms with Crippen LogP contribution in [0.4, 0.5) is 10.1 Å². The Labute approximate surface area is 240 Å². The van der Waals surface area contributed by atoms with Gasteiger partial charge in [0.05, 0.1) is 17.5 Å². The highest BCUT2D eigenvalue weighted by Gasteiger charge is 2.47. The van der Waals surface area contributed by atoms with Crippen molar-refractivity contribution >= 4 is 21.3 Å². The lowest BCUT2D eigenvalue weighted by Gasteiger charge is -2.31. The number of nitrogens with zero attached hydrogens (tertiary/aromatic N) is 5. The van der Waals surface area contributed by atoms with E-state index in [0.29, 0.717) is 37.4 Å². The van der Waals surface area contributed by atoms with Crippen molar-refractivity contribution < 1.29 is 13.4 Å². The minimum Gasteiger partial charge on any atom is -0.370 e. The summed E-state index contributed by atoms with van der Waals surface area (Å²) in [6, 6.07) is 16.8. The molecule has 214 valence electrons. The van der Waals surface area contributed by atoms with E-state index in [9.17, 15) is 18.7 Å². The number of hydrogen-bond acceptors (Lipinski definition) is 6. The number of aromatic nitrogens is 2. The van der Waals surface area contributed by atoms with Gasteiger partial charge >= 0.3 is 0 Å². The van der Waals surface area contributed by atoms with E-state index in [2.05, 4.69) is 44.9 Å². The van der Waals surface area contributed by atoms with E-state index in [4.69, 9.17) is 5.10 Å². The zero-order valence-electron chi connectivity index (χ0n) is 23.3. The first kappa shape index (κ1) is 27.5. The Balaban J connectivity index is 1.33. The van der Waals surface area contributed by atoms with Crippen LogP contribution >= 0.6 is 0 Å². The topological polar surface area (TPSA) is 103 Å². The molecule has 2 saturated carbocycles. The van der Waals surface area contributed by atoms with Gasteiger partial charge in [0.1, 0.15) is 11.4 Å². The molecule has 0 bridgehead atoms. The van der Waals surface area contributed by atoms with Gasteiger partial charge < -0.3 is 10.2 Å². The normalized spacial score (nSPS) is 22.9. The second-order valence-corrected chi connectivity index (χ2v) is 14.2. The van der Waals surface area contributed by atoms with Crippen LogP contribution < -0.4 is 10.2 Å². The van der Waals surface area contributed by atoms with Crippen LogP contribution in [0.1, 0.15) is 50.1 Å². The summed E-state index contributed by atoms with van der Waals surface area (Å²) in [4.78, 5) is 15.7. The molecule has 1 saturated heterocycles. The quantitative estimate of drug-likeness (QED) is 0.444. The zero-order valence-corrected chi connectivity index (χ0v) is 24.1. The van der Waals surface area contributed by atoms with Crippen LogP contribution in [-0.4, -0.2) is 57.1 Å². The second kappa shape index (κ2) is 10.9. The Morgan fingerprint density at radius 2 is 1.73 bits per heavy atom. The van der Waals surface area contributed by atoms with Crippen molar-refractivity contribution in [1.82, 2.24) is 15.1 Å². The molecule has 0 unspecified atom stereocenters. The Kier molecular flexibility index (Phi) is 7.32. The van der Waals surface area contributed by atoms with Gasteiger partial charge in [0.25, 0.3) is 0 Å². The summed E-state index contributed by atoms with van der Waals surface area (Å²) in [6.45, 7) is 1.40. The molecule has 3 aromatic rings. The lowest BCUT2D eigenvalue weighted by atomic mass is 9.75. The number of nitriles is 1. The Morgan fingerprint density at radius 3 is 2.37 bits per heavy atom. The van der Waals surface area contributed by atoms with Crippen molar-refractivity contribution in [2.75, 3.05) is 36.5 Å². The number of amides is 1. The van der Waals surface area contributed by atoms with E-state index in [1.807, 2.05) is 6.20 Å². The van der Waals surface area contributed by atoms with Gasteiger partial charge in [-0.2, -0.15) is 10.4 Å². The summed E-state index contributed by atoms with van der Waals surface area (Å²) >= 11 is 0. The first-order chi connectivity index (χ1) is 19.8. The maximum Gasteiger partial charge on any atom is 0.225 e. The number of rotatable bonds is 6. The van der Waals surface area contributed by atoms with Crippen molar-refractivity contribution in [2.24, 2.45) is 10.3 Å². The van der Waals surface area contributed by atoms with Gasteiger partial charge in [0.15, 0.2) is 0 Å². The molecule has 1 N–H and O–H groups in total. The van der Waals surface area contributed by atoms with Crippen LogP contribution in [0.15, 0.2) is 59.1 Å². The van der Waals surface area contributed by atoms with Gasteiger partial charge in [-0.05, 0) is 67.6 Å². The number of nitrogens with one attached hydrogen (secondary N) is 1. The van der Waals surface area contributed by atoms with E-state index in [1.54, 1.807) is 23.9 Å². The molecule has 6 rings (SSSR count). The number of benzene rings is 2. The molecule has 10 heteroatoms. The molecule has 2 heterocycles. The third-order valence-corrected chi connectivity index (χ3v) is 11.2. The van der Waals surface area contributed by atoms with E-state index in [1.165, 1.54) is 12.1 Å². The Hall–Kier alpha value is -3.71. The van der Waals surface area contributed by atoms with E-state index < -0.39 is 15.3 Å². The molecule has 2 aliphatic carbocycles. The average Bonchev–Trinajstić information content (AvgIpc) is 3.64. The maximum atomic E-state index is 13.7. The highest BCUT2D eigenvalue weighted by Crippen LogP contribution is 2.43. The fourth-order valence-corrected chi connectivity index (χ4v) is 7.69. The van der Waals surface area contributed by atoms with Gasteiger partial charge in [0, 0.05) is 70.7 Å². The summed E-state index contributed by atoms with van der Waals surface area (Å²) in [5.74, 6) is 0.398. The molecule has 1 aromatic heterocycles. The highest BCUT2D eigenvalue weighted by atomic mass is 32.2. The van der Waals surface area contributed by atoms with Crippen molar-refractivity contribution in [3.63, 3.8) is 0 Å². The Morgan fingerprint density at radius 1 is 1.07 bits per heavy atom. The first-order valence-corrected chi connectivity index (χ1v) is 16.2. The monoisotopic (exact) mass is 574 g/mol. The van der Waals surface area contributed by atoms with Crippen LogP contribution in [-0.2, 0) is 14.5 Å². The molecular weight excluding hydrogens is 539 g/mol. The molecule has 1 aliphatic heterocycles.